The molecule has 1 saturated heterocycles. The second-order valence-corrected chi connectivity index (χ2v) is 5.95. The van der Waals surface area contributed by atoms with Crippen molar-refractivity contribution in [3.63, 3.8) is 0 Å². The first-order chi connectivity index (χ1) is 10.8. The molecule has 1 fully saturated rings. The van der Waals surface area contributed by atoms with E-state index in [4.69, 9.17) is 4.74 Å². The topological polar surface area (TPSA) is 43.2 Å². The minimum atomic E-state index is -0.175. The van der Waals surface area contributed by atoms with Crippen molar-refractivity contribution in [2.45, 2.75) is 24.4 Å². The van der Waals surface area contributed by atoms with E-state index < -0.39 is 0 Å². The van der Waals surface area contributed by atoms with Gasteiger partial charge in [-0.2, -0.15) is 0 Å². The Bertz CT molecular complexity index is 628. The summed E-state index contributed by atoms with van der Waals surface area (Å²) in [6, 6.07) is 6.84. The van der Waals surface area contributed by atoms with Crippen LogP contribution in [-0.2, 0) is 17.0 Å². The van der Waals surface area contributed by atoms with Gasteiger partial charge in [-0.05, 0) is 18.6 Å². The summed E-state index contributed by atoms with van der Waals surface area (Å²) in [6.45, 7) is 5.95. The number of nitrogens with zero attached hydrogens (tertiary/aromatic N) is 4. The van der Waals surface area contributed by atoms with E-state index in [2.05, 4.69) is 26.6 Å². The van der Waals surface area contributed by atoms with Gasteiger partial charge in [-0.3, -0.25) is 4.57 Å². The average Bonchev–Trinajstić information content (AvgIpc) is 2.98. The average molecular weight is 322 g/mol. The van der Waals surface area contributed by atoms with Gasteiger partial charge in [-0.1, -0.05) is 30.0 Å². The number of benzene rings is 1. The lowest BCUT2D eigenvalue weighted by Crippen LogP contribution is -2.38. The van der Waals surface area contributed by atoms with Crippen molar-refractivity contribution in [2.75, 3.05) is 31.2 Å². The highest BCUT2D eigenvalue weighted by Gasteiger charge is 2.19. The van der Waals surface area contributed by atoms with Gasteiger partial charge in [0.1, 0.15) is 5.82 Å². The van der Waals surface area contributed by atoms with E-state index in [0.29, 0.717) is 24.5 Å². The van der Waals surface area contributed by atoms with Crippen LogP contribution in [0.25, 0.3) is 0 Å². The standard InChI is InChI=1S/C15H19FN4OS/c1-2-20-14(19-7-9-21-10-8-19)17-18-15(20)22-11-12-5-3-4-6-13(12)16/h3-6H,2,7-11H2,1H3. The van der Waals surface area contributed by atoms with E-state index in [1.165, 1.54) is 17.8 Å². The lowest BCUT2D eigenvalue weighted by atomic mass is 10.2. The normalized spacial score (nSPS) is 15.3. The molecule has 0 N–H and O–H groups in total. The minimum absolute atomic E-state index is 0.175. The van der Waals surface area contributed by atoms with E-state index in [9.17, 15) is 4.39 Å². The molecule has 0 amide bonds. The third-order valence-electron chi connectivity index (χ3n) is 3.62. The molecule has 0 radical (unpaired) electrons. The van der Waals surface area contributed by atoms with Crippen LogP contribution in [-0.4, -0.2) is 41.1 Å². The molecule has 1 aromatic carbocycles. The quantitative estimate of drug-likeness (QED) is 0.792. The van der Waals surface area contributed by atoms with Gasteiger partial charge in [0.25, 0.3) is 0 Å². The Morgan fingerprint density at radius 3 is 2.73 bits per heavy atom. The molecule has 0 unspecified atom stereocenters. The Hall–Kier alpha value is -1.60. The van der Waals surface area contributed by atoms with Gasteiger partial charge < -0.3 is 9.64 Å². The van der Waals surface area contributed by atoms with Crippen LogP contribution in [0.2, 0.25) is 0 Å². The summed E-state index contributed by atoms with van der Waals surface area (Å²) in [7, 11) is 0. The number of ether oxygens (including phenoxy) is 1. The van der Waals surface area contributed by atoms with Crippen LogP contribution in [0, 0.1) is 5.82 Å². The van der Waals surface area contributed by atoms with Crippen molar-refractivity contribution in [2.24, 2.45) is 0 Å². The zero-order valence-corrected chi connectivity index (χ0v) is 13.4. The van der Waals surface area contributed by atoms with Gasteiger partial charge in [0.2, 0.25) is 5.95 Å². The van der Waals surface area contributed by atoms with E-state index in [1.807, 2.05) is 6.07 Å². The Balaban J connectivity index is 1.74. The molecule has 1 aromatic heterocycles. The molecule has 0 atom stereocenters. The zero-order chi connectivity index (χ0) is 15.4. The number of morpholine rings is 1. The van der Waals surface area contributed by atoms with E-state index in [0.717, 1.165) is 30.7 Å². The molecule has 2 aromatic rings. The van der Waals surface area contributed by atoms with Crippen molar-refractivity contribution in [1.29, 1.82) is 0 Å². The molecule has 22 heavy (non-hydrogen) atoms. The number of thioether (sulfide) groups is 1. The predicted octanol–water partition coefficient (Wildman–Crippen LogP) is 2.57. The summed E-state index contributed by atoms with van der Waals surface area (Å²) in [5, 5.41) is 9.42. The number of hydrogen-bond acceptors (Lipinski definition) is 5. The van der Waals surface area contributed by atoms with Gasteiger partial charge in [0, 0.05) is 25.4 Å². The van der Waals surface area contributed by atoms with E-state index in [-0.39, 0.29) is 5.82 Å². The first-order valence-electron chi connectivity index (χ1n) is 7.41. The number of anilines is 1. The maximum absolute atomic E-state index is 13.7. The van der Waals surface area contributed by atoms with Crippen molar-refractivity contribution in [1.82, 2.24) is 14.8 Å². The lowest BCUT2D eigenvalue weighted by Gasteiger charge is -2.27. The number of hydrogen-bond donors (Lipinski definition) is 0. The van der Waals surface area contributed by atoms with Crippen molar-refractivity contribution >= 4 is 17.7 Å². The van der Waals surface area contributed by atoms with Crippen molar-refractivity contribution in [3.8, 4) is 0 Å². The zero-order valence-electron chi connectivity index (χ0n) is 12.5. The molecule has 1 aliphatic rings. The second kappa shape index (κ2) is 7.11. The van der Waals surface area contributed by atoms with E-state index in [1.54, 1.807) is 12.1 Å². The van der Waals surface area contributed by atoms with Crippen LogP contribution >= 0.6 is 11.8 Å². The third kappa shape index (κ3) is 3.25. The summed E-state index contributed by atoms with van der Waals surface area (Å²) in [5.74, 6) is 1.25. The lowest BCUT2D eigenvalue weighted by molar-refractivity contribution is 0.121. The first-order valence-corrected chi connectivity index (χ1v) is 8.40. The fraction of sp³-hybridized carbons (Fsp3) is 0.467. The highest BCUT2D eigenvalue weighted by molar-refractivity contribution is 7.98. The summed E-state index contributed by atoms with van der Waals surface area (Å²) in [4.78, 5) is 2.19. The van der Waals surface area contributed by atoms with Crippen molar-refractivity contribution in [3.05, 3.63) is 35.6 Å². The van der Waals surface area contributed by atoms with E-state index >= 15 is 0 Å². The monoisotopic (exact) mass is 322 g/mol. The third-order valence-corrected chi connectivity index (χ3v) is 4.64. The Morgan fingerprint density at radius 1 is 1.23 bits per heavy atom. The van der Waals surface area contributed by atoms with Crippen LogP contribution in [0.15, 0.2) is 29.4 Å². The number of aromatic nitrogens is 3. The SMILES string of the molecule is CCn1c(SCc2ccccc2F)nnc1N1CCOCC1. The van der Waals surface area contributed by atoms with Gasteiger partial charge in [-0.15, -0.1) is 10.2 Å². The second-order valence-electron chi connectivity index (χ2n) is 5.01. The van der Waals surface area contributed by atoms with Gasteiger partial charge in [0.05, 0.1) is 13.2 Å². The molecule has 0 aliphatic carbocycles. The van der Waals surface area contributed by atoms with Crippen LogP contribution in [0.1, 0.15) is 12.5 Å². The molecular formula is C15H19FN4OS. The Kier molecular flexibility index (Phi) is 4.94. The highest BCUT2D eigenvalue weighted by atomic mass is 32.2. The number of halogens is 1. The molecule has 3 rings (SSSR count). The summed E-state index contributed by atoms with van der Waals surface area (Å²) in [5.41, 5.74) is 0.686. The summed E-state index contributed by atoms with van der Waals surface area (Å²) in [6.07, 6.45) is 0. The summed E-state index contributed by atoms with van der Waals surface area (Å²) >= 11 is 1.52. The van der Waals surface area contributed by atoms with Gasteiger partial charge >= 0.3 is 0 Å². The maximum atomic E-state index is 13.7. The first kappa shape index (κ1) is 15.3. The van der Waals surface area contributed by atoms with Crippen molar-refractivity contribution < 1.29 is 9.13 Å². The van der Waals surface area contributed by atoms with Gasteiger partial charge in [0.15, 0.2) is 5.16 Å². The van der Waals surface area contributed by atoms with Crippen LogP contribution < -0.4 is 4.90 Å². The molecule has 0 bridgehead atoms. The van der Waals surface area contributed by atoms with Crippen LogP contribution in [0.5, 0.6) is 0 Å². The molecule has 2 heterocycles. The molecule has 0 spiro atoms. The Labute approximate surface area is 133 Å². The largest absolute Gasteiger partial charge is 0.378 e. The van der Waals surface area contributed by atoms with Crippen LogP contribution in [0.3, 0.4) is 0 Å². The smallest absolute Gasteiger partial charge is 0.228 e. The number of rotatable bonds is 5. The highest BCUT2D eigenvalue weighted by Crippen LogP contribution is 2.26. The maximum Gasteiger partial charge on any atom is 0.228 e. The molecule has 1 aliphatic heterocycles. The Morgan fingerprint density at radius 2 is 2.00 bits per heavy atom. The van der Waals surface area contributed by atoms with Crippen LogP contribution in [0.4, 0.5) is 10.3 Å². The fourth-order valence-electron chi connectivity index (χ4n) is 2.42. The van der Waals surface area contributed by atoms with Gasteiger partial charge in [-0.25, -0.2) is 4.39 Å². The fourth-order valence-corrected chi connectivity index (χ4v) is 3.40. The molecule has 118 valence electrons. The molecule has 0 saturated carbocycles. The predicted molar refractivity (Wildman–Crippen MR) is 84.7 cm³/mol. The molecular weight excluding hydrogens is 303 g/mol. The molecule has 5 nitrogen and oxygen atoms in total. The minimum Gasteiger partial charge on any atom is -0.378 e. The molecule has 7 heteroatoms. The summed E-state index contributed by atoms with van der Waals surface area (Å²) < 4.78 is 21.1.